The average molecular weight is 400 g/mol. The lowest BCUT2D eigenvalue weighted by molar-refractivity contribution is -0.127. The van der Waals surface area contributed by atoms with Crippen molar-refractivity contribution in [1.82, 2.24) is 5.32 Å². The fourth-order valence-electron chi connectivity index (χ4n) is 1.49. The van der Waals surface area contributed by atoms with Gasteiger partial charge in [0.1, 0.15) is 4.90 Å². The summed E-state index contributed by atoms with van der Waals surface area (Å²) in [4.78, 5) is 11.5. The van der Waals surface area contributed by atoms with E-state index in [2.05, 4.69) is 21.2 Å². The molecule has 1 amide bonds. The Bertz CT molecular complexity index is 649. The van der Waals surface area contributed by atoms with Gasteiger partial charge in [-0.1, -0.05) is 27.5 Å². The van der Waals surface area contributed by atoms with Gasteiger partial charge in [-0.05, 0) is 32.9 Å². The first kappa shape index (κ1) is 18.2. The maximum Gasteiger partial charge on any atom is 0.260 e. The van der Waals surface area contributed by atoms with Crippen molar-refractivity contribution in [1.29, 1.82) is 0 Å². The van der Waals surface area contributed by atoms with Crippen LogP contribution in [-0.4, -0.2) is 26.5 Å². The molecule has 0 bridgehead atoms. The van der Waals surface area contributed by atoms with E-state index >= 15 is 0 Å². The first-order valence-corrected chi connectivity index (χ1v) is 8.73. The van der Waals surface area contributed by atoms with Gasteiger partial charge in [0, 0.05) is 10.5 Å². The van der Waals surface area contributed by atoms with E-state index in [9.17, 15) is 13.2 Å². The van der Waals surface area contributed by atoms with Gasteiger partial charge in [-0.15, -0.1) is 0 Å². The zero-order valence-electron chi connectivity index (χ0n) is 11.7. The molecule has 3 N–H and O–H groups in total. The maximum absolute atomic E-state index is 11.8. The van der Waals surface area contributed by atoms with E-state index in [0.29, 0.717) is 4.47 Å². The standard InChI is InChI=1S/C12H16BrClN2O4S/c1-6(2)16-12(17)7(3)20-11-9(14)4-8(13)5-10(11)21(15,18)19/h4-7H,1-3H3,(H,16,17)(H2,15,18,19). The first-order chi connectivity index (χ1) is 9.52. The van der Waals surface area contributed by atoms with Crippen LogP contribution in [0.1, 0.15) is 20.8 Å². The minimum Gasteiger partial charge on any atom is -0.478 e. The number of nitrogens with one attached hydrogen (secondary N) is 1. The molecule has 1 atom stereocenters. The van der Waals surface area contributed by atoms with Crippen molar-refractivity contribution < 1.29 is 17.9 Å². The maximum atomic E-state index is 11.8. The minimum atomic E-state index is -4.04. The summed E-state index contributed by atoms with van der Waals surface area (Å²) in [5.74, 6) is -0.530. The Hall–Kier alpha value is -0.830. The molecule has 0 radical (unpaired) electrons. The second-order valence-corrected chi connectivity index (χ2v) is 7.54. The quantitative estimate of drug-likeness (QED) is 0.791. The molecule has 1 rings (SSSR count). The summed E-state index contributed by atoms with van der Waals surface area (Å²) in [6.07, 6.45) is -0.924. The zero-order valence-corrected chi connectivity index (χ0v) is 14.8. The molecule has 9 heteroatoms. The summed E-state index contributed by atoms with van der Waals surface area (Å²) in [6.45, 7) is 5.09. The van der Waals surface area contributed by atoms with Crippen LogP contribution in [0.2, 0.25) is 5.02 Å². The number of primary sulfonamides is 1. The molecule has 0 aliphatic heterocycles. The molecule has 1 aromatic carbocycles. The summed E-state index contributed by atoms with van der Waals surface area (Å²) in [5, 5.41) is 7.83. The molecule has 1 unspecified atom stereocenters. The van der Waals surface area contributed by atoms with Gasteiger partial charge in [0.05, 0.1) is 5.02 Å². The van der Waals surface area contributed by atoms with Crippen LogP contribution in [0.5, 0.6) is 5.75 Å². The predicted molar refractivity (Wildman–Crippen MR) is 83.9 cm³/mol. The minimum absolute atomic E-state index is 0.0394. The van der Waals surface area contributed by atoms with Crippen LogP contribution in [-0.2, 0) is 14.8 Å². The van der Waals surface area contributed by atoms with Crippen LogP contribution in [0.25, 0.3) is 0 Å². The van der Waals surface area contributed by atoms with Gasteiger partial charge in [0.2, 0.25) is 10.0 Å². The highest BCUT2D eigenvalue weighted by Crippen LogP contribution is 2.35. The van der Waals surface area contributed by atoms with Crippen LogP contribution >= 0.6 is 27.5 Å². The van der Waals surface area contributed by atoms with Crippen LogP contribution in [0.4, 0.5) is 0 Å². The van der Waals surface area contributed by atoms with Crippen LogP contribution in [0.15, 0.2) is 21.5 Å². The molecule has 0 aromatic heterocycles. The van der Waals surface area contributed by atoms with E-state index in [4.69, 9.17) is 21.5 Å². The van der Waals surface area contributed by atoms with Gasteiger partial charge >= 0.3 is 0 Å². The van der Waals surface area contributed by atoms with Gasteiger partial charge in [-0.2, -0.15) is 0 Å². The third-order valence-corrected chi connectivity index (χ3v) is 4.03. The highest BCUT2D eigenvalue weighted by Gasteiger charge is 2.24. The van der Waals surface area contributed by atoms with E-state index in [1.807, 2.05) is 0 Å². The van der Waals surface area contributed by atoms with Crippen molar-refractivity contribution in [3.8, 4) is 5.75 Å². The van der Waals surface area contributed by atoms with Gasteiger partial charge in [-0.3, -0.25) is 4.79 Å². The zero-order chi connectivity index (χ0) is 16.4. The number of carbonyl (C=O) groups is 1. The van der Waals surface area contributed by atoms with E-state index < -0.39 is 16.1 Å². The molecule has 21 heavy (non-hydrogen) atoms. The summed E-state index contributed by atoms with van der Waals surface area (Å²) in [7, 11) is -4.04. The average Bonchev–Trinajstić information content (AvgIpc) is 2.29. The van der Waals surface area contributed by atoms with Crippen LogP contribution in [0.3, 0.4) is 0 Å². The molecule has 118 valence electrons. The summed E-state index contributed by atoms with van der Waals surface area (Å²) < 4.78 is 29.0. The second-order valence-electron chi connectivity index (χ2n) is 4.68. The van der Waals surface area contributed by atoms with Crippen molar-refractivity contribution in [2.24, 2.45) is 5.14 Å². The first-order valence-electron chi connectivity index (χ1n) is 6.01. The molecular weight excluding hydrogens is 384 g/mol. The number of sulfonamides is 1. The fraction of sp³-hybridized carbons (Fsp3) is 0.417. The molecule has 0 saturated carbocycles. The van der Waals surface area contributed by atoms with Gasteiger partial charge < -0.3 is 10.1 Å². The molecule has 0 saturated heterocycles. The Balaban J connectivity index is 3.17. The number of ether oxygens (including phenoxy) is 1. The monoisotopic (exact) mass is 398 g/mol. The number of amides is 1. The van der Waals surface area contributed by atoms with Gasteiger partial charge in [0.25, 0.3) is 5.91 Å². The molecule has 6 nitrogen and oxygen atoms in total. The Morgan fingerprint density at radius 1 is 1.38 bits per heavy atom. The van der Waals surface area contributed by atoms with Crippen LogP contribution in [0, 0.1) is 0 Å². The molecule has 0 spiro atoms. The summed E-state index contributed by atoms with van der Waals surface area (Å²) in [5.41, 5.74) is 0. The molecule has 1 aromatic rings. The summed E-state index contributed by atoms with van der Waals surface area (Å²) in [6, 6.07) is 2.66. The van der Waals surface area contributed by atoms with E-state index in [-0.39, 0.29) is 27.6 Å². The Labute approximate surface area is 137 Å². The lowest BCUT2D eigenvalue weighted by Crippen LogP contribution is -2.40. The van der Waals surface area contributed by atoms with E-state index in [0.717, 1.165) is 0 Å². The molecule has 0 fully saturated rings. The summed E-state index contributed by atoms with van der Waals surface area (Å²) >= 11 is 9.12. The molecular formula is C12H16BrClN2O4S. The highest BCUT2D eigenvalue weighted by atomic mass is 79.9. The smallest absolute Gasteiger partial charge is 0.260 e. The second kappa shape index (κ2) is 6.95. The topological polar surface area (TPSA) is 98.5 Å². The number of carbonyl (C=O) groups excluding carboxylic acids is 1. The van der Waals surface area contributed by atoms with Crippen molar-refractivity contribution in [3.05, 3.63) is 21.6 Å². The number of benzene rings is 1. The Morgan fingerprint density at radius 2 is 1.95 bits per heavy atom. The number of halogens is 2. The van der Waals surface area contributed by atoms with Crippen LogP contribution < -0.4 is 15.2 Å². The Kier molecular flexibility index (Phi) is 6.03. The highest BCUT2D eigenvalue weighted by molar-refractivity contribution is 9.10. The Morgan fingerprint density at radius 3 is 2.43 bits per heavy atom. The van der Waals surface area contributed by atoms with E-state index in [1.54, 1.807) is 13.8 Å². The largest absolute Gasteiger partial charge is 0.478 e. The number of rotatable bonds is 5. The third kappa shape index (κ3) is 5.14. The molecule has 0 heterocycles. The van der Waals surface area contributed by atoms with Gasteiger partial charge in [0.15, 0.2) is 11.9 Å². The van der Waals surface area contributed by atoms with E-state index in [1.165, 1.54) is 19.1 Å². The van der Waals surface area contributed by atoms with Crippen molar-refractivity contribution in [3.63, 3.8) is 0 Å². The molecule has 0 aliphatic carbocycles. The van der Waals surface area contributed by atoms with Crippen molar-refractivity contribution >= 4 is 43.5 Å². The number of hydrogen-bond donors (Lipinski definition) is 2. The predicted octanol–water partition coefficient (Wildman–Crippen LogP) is 2.04. The number of hydrogen-bond acceptors (Lipinski definition) is 4. The normalized spacial score (nSPS) is 13.1. The number of nitrogens with two attached hydrogens (primary N) is 1. The van der Waals surface area contributed by atoms with Gasteiger partial charge in [-0.25, -0.2) is 13.6 Å². The van der Waals surface area contributed by atoms with Crippen molar-refractivity contribution in [2.45, 2.75) is 37.8 Å². The lowest BCUT2D eigenvalue weighted by atomic mass is 10.3. The lowest BCUT2D eigenvalue weighted by Gasteiger charge is -2.19. The molecule has 0 aliphatic rings. The SMILES string of the molecule is CC(C)NC(=O)C(C)Oc1c(Cl)cc(Br)cc1S(N)(=O)=O. The fourth-order valence-corrected chi connectivity index (χ4v) is 3.26. The third-order valence-electron chi connectivity index (χ3n) is 2.38. The van der Waals surface area contributed by atoms with Crippen molar-refractivity contribution in [2.75, 3.05) is 0 Å².